The van der Waals surface area contributed by atoms with Gasteiger partial charge in [-0.05, 0) is 44.7 Å². The molecule has 0 spiro atoms. The van der Waals surface area contributed by atoms with E-state index in [-0.39, 0.29) is 30.2 Å². The normalized spacial score (nSPS) is 19.8. The predicted octanol–water partition coefficient (Wildman–Crippen LogP) is 1.59. The van der Waals surface area contributed by atoms with Crippen molar-refractivity contribution in [2.75, 3.05) is 7.11 Å². The van der Waals surface area contributed by atoms with Crippen molar-refractivity contribution in [2.24, 2.45) is 23.9 Å². The highest BCUT2D eigenvalue weighted by Gasteiger charge is 2.29. The van der Waals surface area contributed by atoms with Crippen LogP contribution in [0, 0.1) is 12.8 Å². The lowest BCUT2D eigenvalue weighted by atomic mass is 9.87. The lowest BCUT2D eigenvalue weighted by molar-refractivity contribution is -0.147. The Morgan fingerprint density at radius 3 is 2.90 bits per heavy atom. The number of aromatic nitrogens is 4. The zero-order valence-electron chi connectivity index (χ0n) is 16.8. The summed E-state index contributed by atoms with van der Waals surface area (Å²) in [6.45, 7) is 1.86. The second kappa shape index (κ2) is 8.89. The van der Waals surface area contributed by atoms with E-state index in [9.17, 15) is 4.79 Å². The van der Waals surface area contributed by atoms with Gasteiger partial charge in [-0.15, -0.1) is 5.10 Å². The van der Waals surface area contributed by atoms with E-state index >= 15 is 0 Å². The minimum absolute atomic E-state index is 0.0492. The summed E-state index contributed by atoms with van der Waals surface area (Å²) in [6.07, 6.45) is 3.44. The molecule has 156 valence electrons. The van der Waals surface area contributed by atoms with Crippen molar-refractivity contribution < 1.29 is 19.5 Å². The van der Waals surface area contributed by atoms with Gasteiger partial charge in [-0.1, -0.05) is 10.4 Å². The molecule has 3 rings (SSSR count). The van der Waals surface area contributed by atoms with Gasteiger partial charge >= 0.3 is 5.97 Å². The van der Waals surface area contributed by atoms with Gasteiger partial charge in [0.25, 0.3) is 0 Å². The molecule has 0 aliphatic heterocycles. The van der Waals surface area contributed by atoms with Gasteiger partial charge in [0.2, 0.25) is 0 Å². The Hall–Kier alpha value is -3.17. The van der Waals surface area contributed by atoms with Crippen LogP contribution in [-0.2, 0) is 23.0 Å². The van der Waals surface area contributed by atoms with E-state index in [1.807, 2.05) is 19.1 Å². The molecule has 2 aromatic rings. The number of hydrogen-bond acceptors (Lipinski definition) is 8. The number of ether oxygens (including phenoxy) is 2. The topological polar surface area (TPSA) is 138 Å². The minimum Gasteiger partial charge on any atom is -0.489 e. The highest BCUT2D eigenvalue weighted by molar-refractivity contribution is 5.83. The van der Waals surface area contributed by atoms with Crippen molar-refractivity contribution >= 4 is 11.8 Å². The molecule has 1 aliphatic carbocycles. The molecule has 3 N–H and O–H groups in total. The number of carbonyl (C=O) groups excluding carboxylic acids is 1. The molecule has 10 heteroatoms. The van der Waals surface area contributed by atoms with E-state index in [0.29, 0.717) is 34.9 Å². The lowest BCUT2D eigenvalue weighted by Crippen LogP contribution is -2.30. The number of amidine groups is 1. The molecule has 0 radical (unpaired) electrons. The SMILES string of the molecule is COC(=O)[C@H]1CCC[C@H](Oc2ccc(-c3nnn(C)c3C/C(N)=N/O)nc2C)C1. The molecule has 0 unspecified atom stereocenters. The Balaban J connectivity index is 1.77. The summed E-state index contributed by atoms with van der Waals surface area (Å²) in [5.74, 6) is 0.438. The van der Waals surface area contributed by atoms with Crippen LogP contribution in [0.1, 0.15) is 37.1 Å². The van der Waals surface area contributed by atoms with Gasteiger partial charge < -0.3 is 20.4 Å². The molecule has 2 aromatic heterocycles. The van der Waals surface area contributed by atoms with E-state index in [4.69, 9.17) is 20.4 Å². The first-order valence-electron chi connectivity index (χ1n) is 9.50. The number of pyridine rings is 1. The Bertz CT molecular complexity index is 910. The lowest BCUT2D eigenvalue weighted by Gasteiger charge is -2.28. The summed E-state index contributed by atoms with van der Waals surface area (Å²) in [5.41, 5.74) is 8.23. The highest BCUT2D eigenvalue weighted by Crippen LogP contribution is 2.30. The third-order valence-corrected chi connectivity index (χ3v) is 5.15. The maximum Gasteiger partial charge on any atom is 0.308 e. The fraction of sp³-hybridized carbons (Fsp3) is 0.526. The molecule has 1 saturated carbocycles. The van der Waals surface area contributed by atoms with Crippen LogP contribution in [0.25, 0.3) is 11.4 Å². The highest BCUT2D eigenvalue weighted by atomic mass is 16.5. The first-order chi connectivity index (χ1) is 13.9. The molecular weight excluding hydrogens is 376 g/mol. The second-order valence-corrected chi connectivity index (χ2v) is 7.18. The summed E-state index contributed by atoms with van der Waals surface area (Å²) in [6, 6.07) is 3.66. The third kappa shape index (κ3) is 4.64. The standard InChI is InChI=1S/C19H26N6O4/c1-11-16(29-13-6-4-5-12(9-13)19(26)28-3)8-7-14(21-11)18-15(10-17(20)23-27)25(2)24-22-18/h7-8,12-13,27H,4-6,9-10H2,1-3H3,(H2,20,23)/t12-,13-/m0/s1. The molecule has 2 atom stereocenters. The molecule has 0 saturated heterocycles. The number of nitrogens with two attached hydrogens (primary N) is 1. The Labute approximate surface area is 168 Å². The predicted molar refractivity (Wildman–Crippen MR) is 104 cm³/mol. The van der Waals surface area contributed by atoms with Crippen molar-refractivity contribution in [1.82, 2.24) is 20.0 Å². The quantitative estimate of drug-likeness (QED) is 0.244. The van der Waals surface area contributed by atoms with E-state index in [1.54, 1.807) is 11.7 Å². The number of oxime groups is 1. The summed E-state index contributed by atoms with van der Waals surface area (Å²) in [4.78, 5) is 16.4. The van der Waals surface area contributed by atoms with E-state index in [0.717, 1.165) is 19.3 Å². The molecule has 0 aromatic carbocycles. The van der Waals surface area contributed by atoms with Gasteiger partial charge in [-0.3, -0.25) is 9.48 Å². The third-order valence-electron chi connectivity index (χ3n) is 5.15. The van der Waals surface area contributed by atoms with Crippen LogP contribution in [0.4, 0.5) is 0 Å². The smallest absolute Gasteiger partial charge is 0.308 e. The maximum absolute atomic E-state index is 11.8. The van der Waals surface area contributed by atoms with E-state index in [1.165, 1.54) is 7.11 Å². The molecule has 1 fully saturated rings. The van der Waals surface area contributed by atoms with Gasteiger partial charge in [-0.2, -0.15) is 0 Å². The Morgan fingerprint density at radius 1 is 1.41 bits per heavy atom. The van der Waals surface area contributed by atoms with Crippen LogP contribution in [-0.4, -0.2) is 50.2 Å². The number of methoxy groups -OCH3 is 1. The average Bonchev–Trinajstić information content (AvgIpc) is 3.09. The summed E-state index contributed by atoms with van der Waals surface area (Å²) in [5, 5.41) is 20.0. The van der Waals surface area contributed by atoms with Crippen molar-refractivity contribution in [3.05, 3.63) is 23.5 Å². The molecule has 1 aliphatic rings. The fourth-order valence-electron chi connectivity index (χ4n) is 3.60. The number of esters is 1. The number of aryl methyl sites for hydroxylation is 2. The zero-order chi connectivity index (χ0) is 21.0. The largest absolute Gasteiger partial charge is 0.489 e. The maximum atomic E-state index is 11.8. The van der Waals surface area contributed by atoms with Crippen molar-refractivity contribution in [3.8, 4) is 17.1 Å². The van der Waals surface area contributed by atoms with E-state index in [2.05, 4.69) is 20.5 Å². The van der Waals surface area contributed by atoms with Gasteiger partial charge in [0, 0.05) is 7.05 Å². The Kier molecular flexibility index (Phi) is 6.30. The molecule has 0 bridgehead atoms. The summed E-state index contributed by atoms with van der Waals surface area (Å²) >= 11 is 0. The van der Waals surface area contributed by atoms with Crippen LogP contribution in [0.15, 0.2) is 17.3 Å². The van der Waals surface area contributed by atoms with Crippen LogP contribution >= 0.6 is 0 Å². The molecule has 2 heterocycles. The Morgan fingerprint density at radius 2 is 2.21 bits per heavy atom. The number of carbonyl (C=O) groups is 1. The monoisotopic (exact) mass is 402 g/mol. The van der Waals surface area contributed by atoms with Gasteiger partial charge in [-0.25, -0.2) is 4.98 Å². The van der Waals surface area contributed by atoms with Gasteiger partial charge in [0.15, 0.2) is 0 Å². The minimum atomic E-state index is -0.177. The first-order valence-corrected chi connectivity index (χ1v) is 9.50. The van der Waals surface area contributed by atoms with Crippen LogP contribution in [0.3, 0.4) is 0 Å². The van der Waals surface area contributed by atoms with Crippen LogP contribution in [0.2, 0.25) is 0 Å². The second-order valence-electron chi connectivity index (χ2n) is 7.18. The summed E-state index contributed by atoms with van der Waals surface area (Å²) < 4.78 is 12.6. The number of nitrogens with zero attached hydrogens (tertiary/aromatic N) is 5. The molecule has 29 heavy (non-hydrogen) atoms. The first kappa shape index (κ1) is 20.6. The average molecular weight is 402 g/mol. The van der Waals surface area contributed by atoms with Crippen LogP contribution < -0.4 is 10.5 Å². The van der Waals surface area contributed by atoms with Gasteiger partial charge in [0.1, 0.15) is 17.3 Å². The zero-order valence-corrected chi connectivity index (χ0v) is 16.8. The van der Waals surface area contributed by atoms with Gasteiger partial charge in [0.05, 0.1) is 42.6 Å². The number of rotatable bonds is 6. The molecule has 10 nitrogen and oxygen atoms in total. The summed E-state index contributed by atoms with van der Waals surface area (Å²) in [7, 11) is 3.15. The number of hydrogen-bond donors (Lipinski definition) is 2. The van der Waals surface area contributed by atoms with Crippen molar-refractivity contribution in [2.45, 2.75) is 45.1 Å². The fourth-order valence-corrected chi connectivity index (χ4v) is 3.60. The van der Waals surface area contributed by atoms with Crippen molar-refractivity contribution in [3.63, 3.8) is 0 Å². The van der Waals surface area contributed by atoms with Crippen LogP contribution in [0.5, 0.6) is 5.75 Å². The molecule has 0 amide bonds. The van der Waals surface area contributed by atoms with E-state index < -0.39 is 0 Å². The molecular formula is C19H26N6O4. The van der Waals surface area contributed by atoms with Crippen molar-refractivity contribution in [1.29, 1.82) is 0 Å².